The van der Waals surface area contributed by atoms with E-state index >= 15 is 0 Å². The molecular formula is C15H31NO. The van der Waals surface area contributed by atoms with E-state index in [0.29, 0.717) is 0 Å². The Labute approximate surface area is 108 Å². The van der Waals surface area contributed by atoms with Crippen molar-refractivity contribution in [2.24, 2.45) is 5.41 Å². The summed E-state index contributed by atoms with van der Waals surface area (Å²) in [5, 5.41) is 3.56. The van der Waals surface area contributed by atoms with E-state index in [0.717, 1.165) is 19.4 Å². The normalized spacial score (nSPS) is 16.6. The van der Waals surface area contributed by atoms with Gasteiger partial charge in [-0.25, -0.2) is 0 Å². The van der Waals surface area contributed by atoms with Crippen LogP contribution in [-0.4, -0.2) is 24.8 Å². The first-order chi connectivity index (χ1) is 7.54. The average molecular weight is 241 g/mol. The molecule has 0 aromatic rings. The lowest BCUT2D eigenvalue weighted by atomic mass is 9.81. The van der Waals surface area contributed by atoms with Gasteiger partial charge in [0.1, 0.15) is 0 Å². The fraction of sp³-hybridized carbons (Fsp3) is 0.867. The van der Waals surface area contributed by atoms with E-state index in [9.17, 15) is 0 Å². The molecule has 17 heavy (non-hydrogen) atoms. The van der Waals surface area contributed by atoms with Crippen molar-refractivity contribution < 1.29 is 4.74 Å². The highest BCUT2D eigenvalue weighted by molar-refractivity contribution is 4.95. The van der Waals surface area contributed by atoms with Crippen molar-refractivity contribution in [1.82, 2.24) is 5.32 Å². The van der Waals surface area contributed by atoms with Crippen LogP contribution in [0.5, 0.6) is 0 Å². The van der Waals surface area contributed by atoms with E-state index in [1.165, 1.54) is 0 Å². The van der Waals surface area contributed by atoms with Gasteiger partial charge in [-0.1, -0.05) is 13.0 Å². The third-order valence-electron chi connectivity index (χ3n) is 3.37. The lowest BCUT2D eigenvalue weighted by Crippen LogP contribution is -2.42. The van der Waals surface area contributed by atoms with E-state index in [2.05, 4.69) is 59.5 Å². The van der Waals surface area contributed by atoms with E-state index in [1.54, 1.807) is 7.11 Å². The van der Waals surface area contributed by atoms with Crippen molar-refractivity contribution >= 4 is 0 Å². The molecule has 0 rings (SSSR count). The standard InChI is InChI=1S/C15H31NO/c1-9-15(7,12-16-13(2,3)4)11-10-14(5,6)17-8/h9,16H,1,10-12H2,2-8H3. The Morgan fingerprint density at radius 1 is 1.06 bits per heavy atom. The maximum absolute atomic E-state index is 5.47. The fourth-order valence-corrected chi connectivity index (χ4v) is 1.42. The molecule has 1 unspecified atom stereocenters. The molecule has 0 aromatic carbocycles. The van der Waals surface area contributed by atoms with Crippen molar-refractivity contribution in [3.05, 3.63) is 12.7 Å². The number of nitrogens with one attached hydrogen (secondary N) is 1. The Balaban J connectivity index is 4.34. The van der Waals surface area contributed by atoms with Crippen molar-refractivity contribution in [2.75, 3.05) is 13.7 Å². The maximum Gasteiger partial charge on any atom is 0.0623 e. The molecule has 0 radical (unpaired) electrons. The predicted octanol–water partition coefficient (Wildman–Crippen LogP) is 3.77. The molecular weight excluding hydrogens is 210 g/mol. The first-order valence-electron chi connectivity index (χ1n) is 6.47. The topological polar surface area (TPSA) is 21.3 Å². The molecule has 0 amide bonds. The van der Waals surface area contributed by atoms with Crippen molar-refractivity contribution in [3.8, 4) is 0 Å². The number of methoxy groups -OCH3 is 1. The lowest BCUT2D eigenvalue weighted by Gasteiger charge is -2.34. The summed E-state index contributed by atoms with van der Waals surface area (Å²) >= 11 is 0. The van der Waals surface area contributed by atoms with Crippen molar-refractivity contribution in [2.45, 2.75) is 65.5 Å². The van der Waals surface area contributed by atoms with Gasteiger partial charge in [-0.15, -0.1) is 6.58 Å². The molecule has 0 saturated heterocycles. The second-order valence-electron chi connectivity index (χ2n) is 6.93. The van der Waals surface area contributed by atoms with Crippen LogP contribution in [-0.2, 0) is 4.74 Å². The molecule has 0 aromatic heterocycles. The van der Waals surface area contributed by atoms with Crippen LogP contribution in [0.15, 0.2) is 12.7 Å². The van der Waals surface area contributed by atoms with Gasteiger partial charge in [0.2, 0.25) is 0 Å². The smallest absolute Gasteiger partial charge is 0.0623 e. The van der Waals surface area contributed by atoms with Crippen LogP contribution < -0.4 is 5.32 Å². The minimum atomic E-state index is -0.0496. The second kappa shape index (κ2) is 6.01. The summed E-state index contributed by atoms with van der Waals surface area (Å²) in [6.45, 7) is 18.0. The molecule has 0 fully saturated rings. The highest BCUT2D eigenvalue weighted by atomic mass is 16.5. The summed E-state index contributed by atoms with van der Waals surface area (Å²) in [5.74, 6) is 0. The zero-order chi connectivity index (χ0) is 13.7. The van der Waals surface area contributed by atoms with Crippen LogP contribution in [0.25, 0.3) is 0 Å². The number of rotatable bonds is 7. The fourth-order valence-electron chi connectivity index (χ4n) is 1.42. The largest absolute Gasteiger partial charge is 0.379 e. The van der Waals surface area contributed by atoms with Gasteiger partial charge in [0.15, 0.2) is 0 Å². The Morgan fingerprint density at radius 2 is 1.59 bits per heavy atom. The van der Waals surface area contributed by atoms with Crippen LogP contribution in [0.3, 0.4) is 0 Å². The molecule has 0 aliphatic heterocycles. The monoisotopic (exact) mass is 241 g/mol. The highest BCUT2D eigenvalue weighted by Gasteiger charge is 2.26. The number of hydrogen-bond acceptors (Lipinski definition) is 2. The molecule has 2 heteroatoms. The third-order valence-corrected chi connectivity index (χ3v) is 3.37. The van der Waals surface area contributed by atoms with Gasteiger partial charge >= 0.3 is 0 Å². The Hall–Kier alpha value is -0.340. The summed E-state index contributed by atoms with van der Waals surface area (Å²) in [5.41, 5.74) is 0.232. The molecule has 0 aliphatic carbocycles. The van der Waals surface area contributed by atoms with Gasteiger partial charge in [0.25, 0.3) is 0 Å². The molecule has 0 bridgehead atoms. The lowest BCUT2D eigenvalue weighted by molar-refractivity contribution is 0.00740. The van der Waals surface area contributed by atoms with Gasteiger partial charge in [-0.3, -0.25) is 0 Å². The zero-order valence-electron chi connectivity index (χ0n) is 12.8. The minimum Gasteiger partial charge on any atom is -0.379 e. The summed E-state index contributed by atoms with van der Waals surface area (Å²) in [6.07, 6.45) is 4.19. The average Bonchev–Trinajstić information content (AvgIpc) is 2.23. The van der Waals surface area contributed by atoms with Gasteiger partial charge in [0, 0.05) is 19.2 Å². The molecule has 102 valence electrons. The van der Waals surface area contributed by atoms with Crippen LogP contribution >= 0.6 is 0 Å². The quantitative estimate of drug-likeness (QED) is 0.685. The summed E-state index contributed by atoms with van der Waals surface area (Å²) in [4.78, 5) is 0. The molecule has 0 spiro atoms. The molecule has 2 nitrogen and oxygen atoms in total. The van der Waals surface area contributed by atoms with Gasteiger partial charge in [-0.2, -0.15) is 0 Å². The van der Waals surface area contributed by atoms with Crippen molar-refractivity contribution in [1.29, 1.82) is 0 Å². The molecule has 0 heterocycles. The van der Waals surface area contributed by atoms with Crippen LogP contribution in [0.4, 0.5) is 0 Å². The Morgan fingerprint density at radius 3 is 1.94 bits per heavy atom. The van der Waals surface area contributed by atoms with Crippen LogP contribution in [0.1, 0.15) is 54.4 Å². The van der Waals surface area contributed by atoms with Crippen LogP contribution in [0, 0.1) is 5.41 Å². The Bertz CT molecular complexity index is 240. The van der Waals surface area contributed by atoms with E-state index in [-0.39, 0.29) is 16.6 Å². The Kier molecular flexibility index (Phi) is 5.89. The molecule has 0 aliphatic rings. The van der Waals surface area contributed by atoms with E-state index in [4.69, 9.17) is 4.74 Å². The van der Waals surface area contributed by atoms with E-state index in [1.807, 2.05) is 0 Å². The number of hydrogen-bond donors (Lipinski definition) is 1. The van der Waals surface area contributed by atoms with Gasteiger partial charge in [-0.05, 0) is 52.9 Å². The molecule has 1 atom stereocenters. The first kappa shape index (κ1) is 16.7. The van der Waals surface area contributed by atoms with E-state index < -0.39 is 0 Å². The minimum absolute atomic E-state index is 0.0496. The zero-order valence-corrected chi connectivity index (χ0v) is 12.8. The predicted molar refractivity (Wildman–Crippen MR) is 76.4 cm³/mol. The summed E-state index contributed by atoms with van der Waals surface area (Å²) in [6, 6.07) is 0. The second-order valence-corrected chi connectivity index (χ2v) is 6.93. The molecule has 0 saturated carbocycles. The summed E-state index contributed by atoms with van der Waals surface area (Å²) in [7, 11) is 1.78. The first-order valence-corrected chi connectivity index (χ1v) is 6.47. The van der Waals surface area contributed by atoms with Crippen molar-refractivity contribution in [3.63, 3.8) is 0 Å². The highest BCUT2D eigenvalue weighted by Crippen LogP contribution is 2.29. The number of ether oxygens (including phenoxy) is 1. The SMILES string of the molecule is C=CC(C)(CCC(C)(C)OC)CNC(C)(C)C. The van der Waals surface area contributed by atoms with Gasteiger partial charge in [0.05, 0.1) is 5.60 Å². The van der Waals surface area contributed by atoms with Crippen LogP contribution in [0.2, 0.25) is 0 Å². The van der Waals surface area contributed by atoms with Gasteiger partial charge < -0.3 is 10.1 Å². The third kappa shape index (κ3) is 7.56. The summed E-state index contributed by atoms with van der Waals surface area (Å²) < 4.78 is 5.47. The maximum atomic E-state index is 5.47. The molecule has 1 N–H and O–H groups in total.